The van der Waals surface area contributed by atoms with E-state index in [4.69, 9.17) is 19.8 Å². The molecular weight excluding hydrogens is 234 g/mol. The Hall–Kier alpha value is -1.47. The van der Waals surface area contributed by atoms with Crippen LogP contribution in [0.25, 0.3) is 0 Å². The van der Waals surface area contributed by atoms with Gasteiger partial charge in [-0.3, -0.25) is 4.55 Å². The average molecular weight is 247 g/mol. The van der Waals surface area contributed by atoms with Gasteiger partial charge in [0.2, 0.25) is 0 Å². The molecule has 0 unspecified atom stereocenters. The highest BCUT2D eigenvalue weighted by atomic mass is 32.2. The molecule has 7 heteroatoms. The molecule has 1 aromatic rings. The molecule has 1 rings (SSSR count). The van der Waals surface area contributed by atoms with Gasteiger partial charge in [0.25, 0.3) is 10.1 Å². The Morgan fingerprint density at radius 2 is 2.12 bits per heavy atom. The smallest absolute Gasteiger partial charge is 0.268 e. The molecule has 0 heterocycles. The lowest BCUT2D eigenvalue weighted by atomic mass is 10.3. The third-order valence-electron chi connectivity index (χ3n) is 1.81. The summed E-state index contributed by atoms with van der Waals surface area (Å²) < 4.78 is 39.4. The molecule has 0 aliphatic rings. The molecule has 0 aromatic heterocycles. The van der Waals surface area contributed by atoms with Gasteiger partial charge in [-0.2, -0.15) is 8.42 Å². The summed E-state index contributed by atoms with van der Waals surface area (Å²) in [4.78, 5) is 0. The monoisotopic (exact) mass is 247 g/mol. The third kappa shape index (κ3) is 3.95. The van der Waals surface area contributed by atoms with E-state index in [0.29, 0.717) is 17.2 Å². The van der Waals surface area contributed by atoms with Crippen molar-refractivity contribution >= 4 is 15.8 Å². The molecule has 0 saturated carbocycles. The molecule has 0 spiro atoms. The number of hydrogen-bond donors (Lipinski definition) is 2. The summed E-state index contributed by atoms with van der Waals surface area (Å²) in [6.07, 6.45) is 0. The molecule has 0 saturated heterocycles. The highest BCUT2D eigenvalue weighted by Gasteiger charge is 2.06. The second-order valence-electron chi connectivity index (χ2n) is 3.04. The molecule has 0 amide bonds. The number of nitrogen functional groups attached to an aromatic ring is 1. The zero-order valence-electron chi connectivity index (χ0n) is 8.71. The van der Waals surface area contributed by atoms with Crippen LogP contribution in [0.3, 0.4) is 0 Å². The molecule has 0 radical (unpaired) electrons. The van der Waals surface area contributed by atoms with Crippen LogP contribution in [-0.4, -0.2) is 32.4 Å². The number of methoxy groups -OCH3 is 1. The van der Waals surface area contributed by atoms with Crippen molar-refractivity contribution in [3.8, 4) is 11.5 Å². The van der Waals surface area contributed by atoms with Crippen LogP contribution in [0.5, 0.6) is 11.5 Å². The van der Waals surface area contributed by atoms with Gasteiger partial charge in [-0.05, 0) is 12.1 Å². The molecule has 0 fully saturated rings. The fraction of sp³-hybridized carbons (Fsp3) is 0.333. The van der Waals surface area contributed by atoms with Crippen LogP contribution in [0.15, 0.2) is 18.2 Å². The third-order valence-corrected chi connectivity index (χ3v) is 2.50. The van der Waals surface area contributed by atoms with Crippen molar-refractivity contribution in [1.29, 1.82) is 0 Å². The molecule has 0 aliphatic carbocycles. The quantitative estimate of drug-likeness (QED) is 0.582. The van der Waals surface area contributed by atoms with Gasteiger partial charge in [-0.1, -0.05) is 0 Å². The van der Waals surface area contributed by atoms with E-state index in [2.05, 4.69) is 0 Å². The zero-order valence-corrected chi connectivity index (χ0v) is 9.53. The van der Waals surface area contributed by atoms with E-state index in [1.54, 1.807) is 18.2 Å². The molecule has 3 N–H and O–H groups in total. The van der Waals surface area contributed by atoms with Gasteiger partial charge in [0.15, 0.2) is 0 Å². The lowest BCUT2D eigenvalue weighted by Gasteiger charge is -2.08. The summed E-state index contributed by atoms with van der Waals surface area (Å²) in [5.41, 5.74) is 6.04. The molecule has 0 bridgehead atoms. The number of anilines is 1. The maximum absolute atomic E-state index is 10.4. The fourth-order valence-corrected chi connectivity index (χ4v) is 1.34. The van der Waals surface area contributed by atoms with Crippen LogP contribution in [0, 0.1) is 0 Å². The Balaban J connectivity index is 2.61. The van der Waals surface area contributed by atoms with Gasteiger partial charge < -0.3 is 15.2 Å². The Kier molecular flexibility index (Phi) is 3.97. The second-order valence-corrected chi connectivity index (χ2v) is 4.61. The summed E-state index contributed by atoms with van der Waals surface area (Å²) in [6.45, 7) is -0.133. The van der Waals surface area contributed by atoms with E-state index in [0.717, 1.165) is 0 Å². The summed E-state index contributed by atoms with van der Waals surface area (Å²) in [7, 11) is -2.53. The largest absolute Gasteiger partial charge is 0.494 e. The van der Waals surface area contributed by atoms with Crippen molar-refractivity contribution in [3.05, 3.63) is 18.2 Å². The molecule has 1 aromatic carbocycles. The van der Waals surface area contributed by atoms with Crippen molar-refractivity contribution < 1.29 is 22.4 Å². The maximum atomic E-state index is 10.4. The van der Waals surface area contributed by atoms with Crippen molar-refractivity contribution in [3.63, 3.8) is 0 Å². The van der Waals surface area contributed by atoms with Crippen LogP contribution in [0.1, 0.15) is 0 Å². The summed E-state index contributed by atoms with van der Waals surface area (Å²) >= 11 is 0. The fourth-order valence-electron chi connectivity index (χ4n) is 1.05. The first kappa shape index (κ1) is 12.6. The van der Waals surface area contributed by atoms with Crippen molar-refractivity contribution in [1.82, 2.24) is 0 Å². The average Bonchev–Trinajstić information content (AvgIpc) is 2.18. The maximum Gasteiger partial charge on any atom is 0.268 e. The Labute approximate surface area is 93.7 Å². The summed E-state index contributed by atoms with van der Waals surface area (Å²) in [5, 5.41) is 0. The minimum Gasteiger partial charge on any atom is -0.494 e. The summed E-state index contributed by atoms with van der Waals surface area (Å²) in [5.74, 6) is 0.415. The minimum absolute atomic E-state index is 0.133. The first-order valence-electron chi connectivity index (χ1n) is 4.44. The van der Waals surface area contributed by atoms with Gasteiger partial charge in [-0.25, -0.2) is 0 Å². The van der Waals surface area contributed by atoms with Gasteiger partial charge >= 0.3 is 0 Å². The lowest BCUT2D eigenvalue weighted by Crippen LogP contribution is -2.12. The van der Waals surface area contributed by atoms with E-state index in [9.17, 15) is 8.42 Å². The first-order valence-corrected chi connectivity index (χ1v) is 6.05. The van der Waals surface area contributed by atoms with Crippen LogP contribution >= 0.6 is 0 Å². The number of benzene rings is 1. The van der Waals surface area contributed by atoms with Gasteiger partial charge in [0, 0.05) is 6.07 Å². The van der Waals surface area contributed by atoms with E-state index in [1.807, 2.05) is 0 Å². The molecule has 0 atom stereocenters. The van der Waals surface area contributed by atoms with Gasteiger partial charge in [0.05, 0.1) is 12.8 Å². The normalized spacial score (nSPS) is 11.1. The number of nitrogens with two attached hydrogens (primary N) is 1. The van der Waals surface area contributed by atoms with E-state index >= 15 is 0 Å². The molecule has 16 heavy (non-hydrogen) atoms. The molecule has 0 aliphatic heterocycles. The minimum atomic E-state index is -4.00. The van der Waals surface area contributed by atoms with Crippen LogP contribution < -0.4 is 15.2 Å². The van der Waals surface area contributed by atoms with E-state index in [1.165, 1.54) is 7.11 Å². The predicted octanol–water partition coefficient (Wildman–Crippen LogP) is 0.544. The van der Waals surface area contributed by atoms with E-state index < -0.39 is 15.9 Å². The lowest BCUT2D eigenvalue weighted by molar-refractivity contribution is 0.332. The van der Waals surface area contributed by atoms with Gasteiger partial charge in [-0.15, -0.1) is 0 Å². The van der Waals surface area contributed by atoms with E-state index in [-0.39, 0.29) is 6.61 Å². The molecular formula is C9H13NO5S. The van der Waals surface area contributed by atoms with Crippen molar-refractivity contribution in [2.45, 2.75) is 0 Å². The number of rotatable bonds is 5. The Morgan fingerprint density at radius 1 is 1.44 bits per heavy atom. The number of hydrogen-bond acceptors (Lipinski definition) is 5. The van der Waals surface area contributed by atoms with Crippen LogP contribution in [0.4, 0.5) is 5.69 Å². The first-order chi connectivity index (χ1) is 7.42. The summed E-state index contributed by atoms with van der Waals surface area (Å²) in [6, 6.07) is 4.71. The zero-order chi connectivity index (χ0) is 12.2. The highest BCUT2D eigenvalue weighted by molar-refractivity contribution is 7.85. The predicted molar refractivity (Wildman–Crippen MR) is 59.3 cm³/mol. The topological polar surface area (TPSA) is 98.8 Å². The van der Waals surface area contributed by atoms with Gasteiger partial charge in [0.1, 0.15) is 23.9 Å². The highest BCUT2D eigenvalue weighted by Crippen LogP contribution is 2.26. The van der Waals surface area contributed by atoms with Crippen molar-refractivity contribution in [2.24, 2.45) is 0 Å². The standard InChI is InChI=1S/C9H13NO5S/c1-14-9-6-7(2-3-8(9)10)15-4-5-16(11,12)13/h2-3,6H,4-5,10H2,1H3,(H,11,12,13). The van der Waals surface area contributed by atoms with Crippen LogP contribution in [0.2, 0.25) is 0 Å². The second kappa shape index (κ2) is 5.04. The Morgan fingerprint density at radius 3 is 2.69 bits per heavy atom. The molecule has 6 nitrogen and oxygen atoms in total. The number of ether oxygens (including phenoxy) is 2. The van der Waals surface area contributed by atoms with Crippen molar-refractivity contribution in [2.75, 3.05) is 25.2 Å². The molecule has 90 valence electrons. The SMILES string of the molecule is COc1cc(OCCS(=O)(=O)O)ccc1N. The Bertz CT molecular complexity index is 457. The van der Waals surface area contributed by atoms with Crippen LogP contribution in [-0.2, 0) is 10.1 Å².